The van der Waals surface area contributed by atoms with E-state index >= 15 is 0 Å². The van der Waals surface area contributed by atoms with Crippen molar-refractivity contribution < 1.29 is 0 Å². The van der Waals surface area contributed by atoms with E-state index in [1.807, 2.05) is 0 Å². The molecule has 1 aliphatic heterocycles. The normalized spacial score (nSPS) is 22.0. The van der Waals surface area contributed by atoms with Crippen molar-refractivity contribution in [2.75, 3.05) is 31.2 Å². The Morgan fingerprint density at radius 1 is 1.62 bits per heavy atom. The predicted octanol–water partition coefficient (Wildman–Crippen LogP) is 1.33. The van der Waals surface area contributed by atoms with Crippen LogP contribution in [0.4, 0.5) is 11.6 Å². The number of nitrogens with zero attached hydrogens (tertiary/aromatic N) is 3. The zero-order valence-corrected chi connectivity index (χ0v) is 10.9. The fourth-order valence-corrected chi connectivity index (χ4v) is 2.24. The highest BCUT2D eigenvalue weighted by molar-refractivity contribution is 9.10. The minimum Gasteiger partial charge on any atom is -0.381 e. The summed E-state index contributed by atoms with van der Waals surface area (Å²) in [4.78, 5) is 10.7. The van der Waals surface area contributed by atoms with Crippen molar-refractivity contribution in [3.8, 4) is 0 Å². The van der Waals surface area contributed by atoms with Crippen LogP contribution in [0.1, 0.15) is 12.8 Å². The summed E-state index contributed by atoms with van der Waals surface area (Å²) in [6.45, 7) is 2.19. The number of hydrogen-bond acceptors (Lipinski definition) is 5. The number of nitrogens with one attached hydrogen (secondary N) is 1. The highest BCUT2D eigenvalue weighted by Gasteiger charge is 2.18. The van der Waals surface area contributed by atoms with Crippen molar-refractivity contribution in [2.24, 2.45) is 0 Å². The summed E-state index contributed by atoms with van der Waals surface area (Å²) in [5.41, 5.74) is 5.77. The van der Waals surface area contributed by atoms with Crippen molar-refractivity contribution >= 4 is 27.6 Å². The number of likely N-dealkylation sites (tertiary alicyclic amines) is 1. The maximum absolute atomic E-state index is 5.77. The number of piperidine rings is 1. The molecule has 0 aromatic carbocycles. The van der Waals surface area contributed by atoms with Gasteiger partial charge in [-0.1, -0.05) is 0 Å². The SMILES string of the molecule is CN1CCCC(Nc2nc(Br)cnc2N)C1. The molecule has 1 fully saturated rings. The van der Waals surface area contributed by atoms with Crippen molar-refractivity contribution in [3.05, 3.63) is 10.8 Å². The molecule has 1 atom stereocenters. The van der Waals surface area contributed by atoms with Crippen molar-refractivity contribution in [2.45, 2.75) is 18.9 Å². The Labute approximate surface area is 104 Å². The molecule has 0 aliphatic carbocycles. The minimum atomic E-state index is 0.407. The lowest BCUT2D eigenvalue weighted by atomic mass is 10.1. The molecule has 88 valence electrons. The molecular formula is C10H16BrN5. The van der Waals surface area contributed by atoms with E-state index in [-0.39, 0.29) is 0 Å². The molecule has 1 aliphatic rings. The van der Waals surface area contributed by atoms with Gasteiger partial charge in [0.05, 0.1) is 6.20 Å². The van der Waals surface area contributed by atoms with Gasteiger partial charge in [-0.2, -0.15) is 0 Å². The van der Waals surface area contributed by atoms with Crippen LogP contribution in [-0.2, 0) is 0 Å². The molecule has 1 aromatic rings. The van der Waals surface area contributed by atoms with E-state index in [0.29, 0.717) is 22.3 Å². The van der Waals surface area contributed by atoms with Crippen LogP contribution in [0.25, 0.3) is 0 Å². The first kappa shape index (κ1) is 11.6. The molecule has 0 saturated carbocycles. The molecule has 5 nitrogen and oxygen atoms in total. The average molecular weight is 286 g/mol. The molecule has 0 bridgehead atoms. The Balaban J connectivity index is 2.05. The van der Waals surface area contributed by atoms with E-state index < -0.39 is 0 Å². The number of hydrogen-bond donors (Lipinski definition) is 2. The molecule has 3 N–H and O–H groups in total. The number of halogens is 1. The first-order valence-electron chi connectivity index (χ1n) is 5.38. The lowest BCUT2D eigenvalue weighted by Crippen LogP contribution is -2.40. The monoisotopic (exact) mass is 285 g/mol. The van der Waals surface area contributed by atoms with Gasteiger partial charge in [0.1, 0.15) is 4.60 Å². The van der Waals surface area contributed by atoms with Crippen LogP contribution < -0.4 is 11.1 Å². The summed E-state index contributed by atoms with van der Waals surface area (Å²) in [5, 5.41) is 3.35. The second-order valence-electron chi connectivity index (χ2n) is 4.17. The molecule has 2 rings (SSSR count). The zero-order chi connectivity index (χ0) is 11.5. The summed E-state index contributed by atoms with van der Waals surface area (Å²) >= 11 is 3.29. The second-order valence-corrected chi connectivity index (χ2v) is 4.98. The van der Waals surface area contributed by atoms with E-state index in [1.54, 1.807) is 6.20 Å². The van der Waals surface area contributed by atoms with Crippen molar-refractivity contribution in [3.63, 3.8) is 0 Å². The van der Waals surface area contributed by atoms with Crippen LogP contribution in [0.2, 0.25) is 0 Å². The van der Waals surface area contributed by atoms with E-state index in [2.05, 4.69) is 43.2 Å². The highest BCUT2D eigenvalue weighted by Crippen LogP contribution is 2.19. The van der Waals surface area contributed by atoms with Gasteiger partial charge in [-0.05, 0) is 42.4 Å². The summed E-state index contributed by atoms with van der Waals surface area (Å²) in [6, 6.07) is 0.407. The first-order valence-corrected chi connectivity index (χ1v) is 6.17. The predicted molar refractivity (Wildman–Crippen MR) is 68.3 cm³/mol. The van der Waals surface area contributed by atoms with Crippen LogP contribution >= 0.6 is 15.9 Å². The van der Waals surface area contributed by atoms with Gasteiger partial charge in [-0.15, -0.1) is 0 Å². The van der Waals surface area contributed by atoms with Gasteiger partial charge < -0.3 is 16.0 Å². The van der Waals surface area contributed by atoms with Gasteiger partial charge in [0.15, 0.2) is 11.6 Å². The standard InChI is InChI=1S/C10H16BrN5/c1-16-4-2-3-7(6-16)14-10-9(12)13-5-8(11)15-10/h5,7H,2-4,6H2,1H3,(H2,12,13)(H,14,15). The Hall–Kier alpha value is -0.880. The minimum absolute atomic E-state index is 0.407. The Morgan fingerprint density at radius 3 is 3.19 bits per heavy atom. The quantitative estimate of drug-likeness (QED) is 0.858. The molecule has 2 heterocycles. The maximum atomic E-state index is 5.77. The molecule has 0 spiro atoms. The number of anilines is 2. The summed E-state index contributed by atoms with van der Waals surface area (Å²) in [7, 11) is 2.13. The number of nitrogens with two attached hydrogens (primary N) is 1. The smallest absolute Gasteiger partial charge is 0.170 e. The molecule has 6 heteroatoms. The van der Waals surface area contributed by atoms with Gasteiger partial charge in [-0.25, -0.2) is 9.97 Å². The van der Waals surface area contributed by atoms with Crippen LogP contribution in [0, 0.1) is 0 Å². The summed E-state index contributed by atoms with van der Waals surface area (Å²) in [6.07, 6.45) is 3.96. The Kier molecular flexibility index (Phi) is 3.60. The fourth-order valence-electron chi connectivity index (χ4n) is 1.96. The average Bonchev–Trinajstić information content (AvgIpc) is 2.24. The van der Waals surface area contributed by atoms with Gasteiger partial charge in [-0.3, -0.25) is 0 Å². The second kappa shape index (κ2) is 4.97. The maximum Gasteiger partial charge on any atom is 0.170 e. The third-order valence-electron chi connectivity index (χ3n) is 2.74. The zero-order valence-electron chi connectivity index (χ0n) is 9.28. The van der Waals surface area contributed by atoms with Gasteiger partial charge >= 0.3 is 0 Å². The van der Waals surface area contributed by atoms with Crippen molar-refractivity contribution in [1.82, 2.24) is 14.9 Å². The van der Waals surface area contributed by atoms with Crippen LogP contribution in [0.5, 0.6) is 0 Å². The largest absolute Gasteiger partial charge is 0.381 e. The fraction of sp³-hybridized carbons (Fsp3) is 0.600. The van der Waals surface area contributed by atoms with E-state index in [4.69, 9.17) is 5.73 Å². The van der Waals surface area contributed by atoms with E-state index in [1.165, 1.54) is 6.42 Å². The van der Waals surface area contributed by atoms with Gasteiger partial charge in [0.2, 0.25) is 0 Å². The molecule has 16 heavy (non-hydrogen) atoms. The number of aromatic nitrogens is 2. The summed E-state index contributed by atoms with van der Waals surface area (Å²) in [5.74, 6) is 1.13. The third-order valence-corrected chi connectivity index (χ3v) is 3.12. The third kappa shape index (κ3) is 2.82. The Bertz CT molecular complexity index is 370. The molecule has 0 amide bonds. The number of nitrogen functional groups attached to an aromatic ring is 1. The van der Waals surface area contributed by atoms with Crippen LogP contribution in [0.15, 0.2) is 10.8 Å². The number of likely N-dealkylation sites (N-methyl/N-ethyl adjacent to an activating group) is 1. The number of rotatable bonds is 2. The van der Waals surface area contributed by atoms with E-state index in [9.17, 15) is 0 Å². The molecular weight excluding hydrogens is 270 g/mol. The highest BCUT2D eigenvalue weighted by atomic mass is 79.9. The van der Waals surface area contributed by atoms with Crippen LogP contribution in [-0.4, -0.2) is 41.0 Å². The Morgan fingerprint density at radius 2 is 2.44 bits per heavy atom. The van der Waals surface area contributed by atoms with Gasteiger partial charge in [0.25, 0.3) is 0 Å². The topological polar surface area (TPSA) is 67.1 Å². The van der Waals surface area contributed by atoms with Crippen LogP contribution in [0.3, 0.4) is 0 Å². The molecule has 1 unspecified atom stereocenters. The van der Waals surface area contributed by atoms with Gasteiger partial charge in [0, 0.05) is 12.6 Å². The van der Waals surface area contributed by atoms with E-state index in [0.717, 1.165) is 19.5 Å². The molecule has 0 radical (unpaired) electrons. The lowest BCUT2D eigenvalue weighted by Gasteiger charge is -2.30. The molecule has 1 saturated heterocycles. The van der Waals surface area contributed by atoms with Crippen molar-refractivity contribution in [1.29, 1.82) is 0 Å². The molecule has 1 aromatic heterocycles. The summed E-state index contributed by atoms with van der Waals surface area (Å²) < 4.78 is 0.702. The lowest BCUT2D eigenvalue weighted by molar-refractivity contribution is 0.261. The first-order chi connectivity index (χ1) is 7.65.